The minimum absolute atomic E-state index is 0.0389. The number of carbonyl (C=O) groups is 1. The minimum Gasteiger partial charge on any atom is -0.299 e. The molecule has 4 heteroatoms. The molecule has 0 bridgehead atoms. The lowest BCUT2D eigenvalue weighted by Gasteiger charge is -2.06. The lowest BCUT2D eigenvalue weighted by molar-refractivity contribution is -0.152. The van der Waals surface area contributed by atoms with Crippen LogP contribution in [0.3, 0.4) is 0 Å². The SMILES string of the molecule is CC(C)CCC(=O)CC(F)(F)F. The molecule has 0 atom stereocenters. The number of alkyl halides is 3. The van der Waals surface area contributed by atoms with Gasteiger partial charge >= 0.3 is 6.18 Å². The Labute approximate surface area is 70.0 Å². The van der Waals surface area contributed by atoms with Gasteiger partial charge in [-0.3, -0.25) is 4.79 Å². The quantitative estimate of drug-likeness (QED) is 0.653. The average molecular weight is 182 g/mol. The van der Waals surface area contributed by atoms with Gasteiger partial charge in [-0.05, 0) is 12.3 Å². The van der Waals surface area contributed by atoms with E-state index < -0.39 is 18.4 Å². The second kappa shape index (κ2) is 4.48. The Morgan fingerprint density at radius 2 is 1.83 bits per heavy atom. The molecule has 0 rings (SSSR count). The van der Waals surface area contributed by atoms with Gasteiger partial charge in [0, 0.05) is 6.42 Å². The van der Waals surface area contributed by atoms with Crippen molar-refractivity contribution in [3.63, 3.8) is 0 Å². The molecule has 1 nitrogen and oxygen atoms in total. The Hall–Kier alpha value is -0.540. The first kappa shape index (κ1) is 11.5. The van der Waals surface area contributed by atoms with Crippen LogP contribution in [0, 0.1) is 5.92 Å². The van der Waals surface area contributed by atoms with Gasteiger partial charge < -0.3 is 0 Å². The molecule has 0 aromatic rings. The highest BCUT2D eigenvalue weighted by Crippen LogP contribution is 2.21. The number of hydrogen-bond donors (Lipinski definition) is 0. The van der Waals surface area contributed by atoms with Crippen LogP contribution in [0.4, 0.5) is 13.2 Å². The van der Waals surface area contributed by atoms with E-state index in [1.165, 1.54) is 0 Å². The van der Waals surface area contributed by atoms with E-state index in [-0.39, 0.29) is 12.3 Å². The van der Waals surface area contributed by atoms with E-state index in [2.05, 4.69) is 0 Å². The van der Waals surface area contributed by atoms with Crippen molar-refractivity contribution in [2.75, 3.05) is 0 Å². The van der Waals surface area contributed by atoms with Crippen molar-refractivity contribution in [3.8, 4) is 0 Å². The standard InChI is InChI=1S/C8H13F3O/c1-6(2)3-4-7(12)5-8(9,10)11/h6H,3-5H2,1-2H3. The molecule has 0 N–H and O–H groups in total. The van der Waals surface area contributed by atoms with Crippen molar-refractivity contribution >= 4 is 5.78 Å². The van der Waals surface area contributed by atoms with Crippen LogP contribution >= 0.6 is 0 Å². The van der Waals surface area contributed by atoms with Crippen LogP contribution in [0.5, 0.6) is 0 Å². The van der Waals surface area contributed by atoms with Crippen molar-refractivity contribution in [1.29, 1.82) is 0 Å². The molecular weight excluding hydrogens is 169 g/mol. The second-order valence-electron chi connectivity index (χ2n) is 3.26. The average Bonchev–Trinajstić information content (AvgIpc) is 1.79. The van der Waals surface area contributed by atoms with Gasteiger partial charge in [0.2, 0.25) is 0 Å². The van der Waals surface area contributed by atoms with Gasteiger partial charge in [0.1, 0.15) is 12.2 Å². The molecule has 0 aliphatic heterocycles. The summed E-state index contributed by atoms with van der Waals surface area (Å²) < 4.78 is 34.8. The number of carbonyl (C=O) groups excluding carboxylic acids is 1. The third-order valence-electron chi connectivity index (χ3n) is 1.40. The lowest BCUT2D eigenvalue weighted by atomic mass is 10.0. The van der Waals surface area contributed by atoms with E-state index in [4.69, 9.17) is 0 Å². The number of ketones is 1. The summed E-state index contributed by atoms with van der Waals surface area (Å²) >= 11 is 0. The van der Waals surface area contributed by atoms with Crippen LogP contribution in [-0.4, -0.2) is 12.0 Å². The highest BCUT2D eigenvalue weighted by atomic mass is 19.4. The largest absolute Gasteiger partial charge is 0.395 e. The fraction of sp³-hybridized carbons (Fsp3) is 0.875. The number of hydrogen-bond acceptors (Lipinski definition) is 1. The predicted octanol–water partition coefficient (Wildman–Crippen LogP) is 2.94. The zero-order valence-corrected chi connectivity index (χ0v) is 7.24. The first-order valence-corrected chi connectivity index (χ1v) is 3.89. The van der Waals surface area contributed by atoms with Crippen LogP contribution in [0.2, 0.25) is 0 Å². The molecule has 72 valence electrons. The van der Waals surface area contributed by atoms with E-state index in [1.807, 2.05) is 13.8 Å². The predicted molar refractivity (Wildman–Crippen MR) is 39.8 cm³/mol. The van der Waals surface area contributed by atoms with Crippen LogP contribution < -0.4 is 0 Å². The van der Waals surface area contributed by atoms with E-state index in [0.717, 1.165) is 0 Å². The topological polar surface area (TPSA) is 17.1 Å². The van der Waals surface area contributed by atoms with Crippen molar-refractivity contribution in [2.45, 2.75) is 39.3 Å². The Bertz CT molecular complexity index is 149. The molecule has 0 spiro atoms. The van der Waals surface area contributed by atoms with Crippen LogP contribution in [-0.2, 0) is 4.79 Å². The molecular formula is C8H13F3O. The molecule has 12 heavy (non-hydrogen) atoms. The molecule has 0 aromatic heterocycles. The van der Waals surface area contributed by atoms with Gasteiger partial charge in [0.05, 0.1) is 0 Å². The van der Waals surface area contributed by atoms with E-state index >= 15 is 0 Å². The molecule has 0 radical (unpaired) electrons. The fourth-order valence-electron chi connectivity index (χ4n) is 0.762. The maximum absolute atomic E-state index is 11.6. The molecule has 0 saturated carbocycles. The Balaban J connectivity index is 3.61. The Kier molecular flexibility index (Phi) is 4.28. The number of Topliss-reactive ketones (excluding diaryl/α,β-unsaturated/α-hetero) is 1. The monoisotopic (exact) mass is 182 g/mol. The van der Waals surface area contributed by atoms with E-state index in [0.29, 0.717) is 6.42 Å². The summed E-state index contributed by atoms with van der Waals surface area (Å²) in [5.74, 6) is -0.432. The third kappa shape index (κ3) is 7.57. The van der Waals surface area contributed by atoms with Gasteiger partial charge in [-0.2, -0.15) is 13.2 Å². The smallest absolute Gasteiger partial charge is 0.299 e. The molecule has 0 aliphatic carbocycles. The highest BCUT2D eigenvalue weighted by molar-refractivity contribution is 5.78. The Morgan fingerprint density at radius 1 is 1.33 bits per heavy atom. The molecule has 0 fully saturated rings. The zero-order valence-electron chi connectivity index (χ0n) is 7.24. The molecule has 0 amide bonds. The summed E-state index contributed by atoms with van der Waals surface area (Å²) in [5.41, 5.74) is 0. The highest BCUT2D eigenvalue weighted by Gasteiger charge is 2.30. The summed E-state index contributed by atoms with van der Waals surface area (Å²) in [6, 6.07) is 0. The fourth-order valence-corrected chi connectivity index (χ4v) is 0.762. The maximum Gasteiger partial charge on any atom is 0.395 e. The molecule has 0 saturated heterocycles. The minimum atomic E-state index is -4.34. The van der Waals surface area contributed by atoms with Gasteiger partial charge in [-0.25, -0.2) is 0 Å². The van der Waals surface area contributed by atoms with Crippen molar-refractivity contribution < 1.29 is 18.0 Å². The lowest BCUT2D eigenvalue weighted by Crippen LogP contribution is -2.15. The molecule has 0 heterocycles. The van der Waals surface area contributed by atoms with Gasteiger partial charge in [-0.1, -0.05) is 13.8 Å². The van der Waals surface area contributed by atoms with Crippen molar-refractivity contribution in [2.24, 2.45) is 5.92 Å². The Morgan fingerprint density at radius 3 is 2.17 bits per heavy atom. The molecule has 0 aromatic carbocycles. The maximum atomic E-state index is 11.6. The van der Waals surface area contributed by atoms with Crippen molar-refractivity contribution in [3.05, 3.63) is 0 Å². The van der Waals surface area contributed by atoms with Gasteiger partial charge in [-0.15, -0.1) is 0 Å². The zero-order chi connectivity index (χ0) is 9.78. The van der Waals surface area contributed by atoms with Crippen LogP contribution in [0.25, 0.3) is 0 Å². The summed E-state index contributed by atoms with van der Waals surface area (Å²) in [5, 5.41) is 0. The molecule has 0 aliphatic rings. The number of halogens is 3. The third-order valence-corrected chi connectivity index (χ3v) is 1.40. The molecule has 0 unspecified atom stereocenters. The summed E-state index contributed by atoms with van der Waals surface area (Å²) in [6.45, 7) is 3.75. The second-order valence-corrected chi connectivity index (χ2v) is 3.26. The normalized spacial score (nSPS) is 12.2. The van der Waals surface area contributed by atoms with Crippen LogP contribution in [0.1, 0.15) is 33.1 Å². The first-order chi connectivity index (χ1) is 5.31. The van der Waals surface area contributed by atoms with Crippen molar-refractivity contribution in [1.82, 2.24) is 0 Å². The first-order valence-electron chi connectivity index (χ1n) is 3.89. The summed E-state index contributed by atoms with van der Waals surface area (Å²) in [4.78, 5) is 10.6. The number of rotatable bonds is 4. The summed E-state index contributed by atoms with van der Waals surface area (Å²) in [6.07, 6.45) is -5.04. The van der Waals surface area contributed by atoms with Gasteiger partial charge in [0.25, 0.3) is 0 Å². The van der Waals surface area contributed by atoms with E-state index in [9.17, 15) is 18.0 Å². The van der Waals surface area contributed by atoms with Crippen LogP contribution in [0.15, 0.2) is 0 Å². The van der Waals surface area contributed by atoms with Gasteiger partial charge in [0.15, 0.2) is 0 Å². The summed E-state index contributed by atoms with van der Waals surface area (Å²) in [7, 11) is 0. The van der Waals surface area contributed by atoms with E-state index in [1.54, 1.807) is 0 Å².